The lowest BCUT2D eigenvalue weighted by Gasteiger charge is -2.42. The third-order valence-electron chi connectivity index (χ3n) is 8.18. The highest BCUT2D eigenvalue weighted by Gasteiger charge is 2.43. The summed E-state index contributed by atoms with van der Waals surface area (Å²) in [6.07, 6.45) is -8.33. The molecule has 232 valence electrons. The molecular formula is C33H29F6NO3S. The summed E-state index contributed by atoms with van der Waals surface area (Å²) in [6.45, 7) is 1.49. The molecule has 1 fully saturated rings. The molecule has 0 aliphatic carbocycles. The van der Waals surface area contributed by atoms with Crippen LogP contribution >= 0.6 is 0 Å². The second kappa shape index (κ2) is 12.0. The third kappa shape index (κ3) is 6.55. The largest absolute Gasteiger partial charge is 0.416 e. The molecule has 1 aliphatic heterocycles. The van der Waals surface area contributed by atoms with E-state index in [4.69, 9.17) is 0 Å². The number of sulfone groups is 1. The molecule has 0 amide bonds. The van der Waals surface area contributed by atoms with Gasteiger partial charge in [0.1, 0.15) is 5.60 Å². The topological polar surface area (TPSA) is 57.6 Å². The van der Waals surface area contributed by atoms with E-state index in [0.717, 1.165) is 29.8 Å². The number of aliphatic hydroxyl groups is 1. The number of hydrogen-bond acceptors (Lipinski definition) is 4. The van der Waals surface area contributed by atoms with E-state index >= 15 is 0 Å². The van der Waals surface area contributed by atoms with Gasteiger partial charge in [0.2, 0.25) is 9.84 Å². The Labute approximate surface area is 251 Å². The number of likely N-dealkylation sites (tertiary alicyclic amines) is 1. The number of halogens is 6. The first-order valence-corrected chi connectivity index (χ1v) is 15.4. The van der Waals surface area contributed by atoms with E-state index in [0.29, 0.717) is 32.5 Å². The highest BCUT2D eigenvalue weighted by atomic mass is 32.2. The zero-order valence-corrected chi connectivity index (χ0v) is 24.1. The second-order valence-electron chi connectivity index (χ2n) is 10.9. The van der Waals surface area contributed by atoms with Crippen molar-refractivity contribution in [3.05, 3.63) is 131 Å². The Morgan fingerprint density at radius 2 is 1.02 bits per heavy atom. The van der Waals surface area contributed by atoms with Gasteiger partial charge < -0.3 is 5.11 Å². The van der Waals surface area contributed by atoms with Crippen molar-refractivity contribution in [2.75, 3.05) is 13.1 Å². The van der Waals surface area contributed by atoms with Gasteiger partial charge in [-0.05, 0) is 97.1 Å². The van der Waals surface area contributed by atoms with Crippen LogP contribution in [0.1, 0.15) is 40.7 Å². The van der Waals surface area contributed by atoms with Crippen molar-refractivity contribution in [2.45, 2.75) is 47.1 Å². The minimum Gasteiger partial charge on any atom is -0.380 e. The Morgan fingerprint density at radius 1 is 0.614 bits per heavy atom. The van der Waals surface area contributed by atoms with Crippen LogP contribution in [-0.4, -0.2) is 31.5 Å². The highest BCUT2D eigenvalue weighted by molar-refractivity contribution is 7.91. The Morgan fingerprint density at radius 3 is 1.45 bits per heavy atom. The molecule has 0 unspecified atom stereocenters. The molecule has 4 aromatic rings. The van der Waals surface area contributed by atoms with Gasteiger partial charge in [-0.1, -0.05) is 54.6 Å². The number of rotatable bonds is 7. The van der Waals surface area contributed by atoms with Gasteiger partial charge in [-0.3, -0.25) is 4.90 Å². The lowest BCUT2D eigenvalue weighted by atomic mass is 9.71. The van der Waals surface area contributed by atoms with Gasteiger partial charge >= 0.3 is 12.4 Å². The first-order chi connectivity index (χ1) is 20.7. The summed E-state index contributed by atoms with van der Waals surface area (Å²) in [5.74, 6) is -0.495. The van der Waals surface area contributed by atoms with Crippen LogP contribution < -0.4 is 0 Å². The van der Waals surface area contributed by atoms with Gasteiger partial charge in [0.25, 0.3) is 0 Å². The van der Waals surface area contributed by atoms with Crippen LogP contribution in [0.5, 0.6) is 0 Å². The minimum atomic E-state index is -4.58. The van der Waals surface area contributed by atoms with E-state index in [1.54, 1.807) is 42.5 Å². The van der Waals surface area contributed by atoms with Gasteiger partial charge in [0, 0.05) is 6.54 Å². The summed E-state index contributed by atoms with van der Waals surface area (Å²) in [6, 6.07) is 22.9. The second-order valence-corrected chi connectivity index (χ2v) is 12.9. The first kappa shape index (κ1) is 31.7. The molecule has 0 aromatic heterocycles. The standard InChI is InChI=1S/C33H29F6NO3S/c34-32(35,36)27-12-8-24(9-13-27)31(41,25-10-14-28(15-11-25)33(37,38)39)26-18-20-40(21-19-26)22-23-6-16-30(17-7-23)44(42,43)29-4-2-1-3-5-29/h1-17,26,41H,18-22H2. The smallest absolute Gasteiger partial charge is 0.380 e. The van der Waals surface area contributed by atoms with Gasteiger partial charge in [-0.2, -0.15) is 26.3 Å². The molecule has 1 N–H and O–H groups in total. The van der Waals surface area contributed by atoms with Crippen molar-refractivity contribution >= 4 is 9.84 Å². The molecule has 0 atom stereocenters. The third-order valence-corrected chi connectivity index (χ3v) is 9.96. The Balaban J connectivity index is 1.34. The SMILES string of the molecule is O=S(=O)(c1ccccc1)c1ccc(CN2CCC(C(O)(c3ccc(C(F)(F)F)cc3)c3ccc(C(F)(F)F)cc3)CC2)cc1. The van der Waals surface area contributed by atoms with E-state index < -0.39 is 44.8 Å². The number of hydrogen-bond donors (Lipinski definition) is 1. The van der Waals surface area contributed by atoms with E-state index in [9.17, 15) is 39.9 Å². The normalized spacial score (nSPS) is 15.8. The maximum Gasteiger partial charge on any atom is 0.416 e. The zero-order valence-electron chi connectivity index (χ0n) is 23.3. The fourth-order valence-electron chi connectivity index (χ4n) is 5.74. The van der Waals surface area contributed by atoms with Crippen molar-refractivity contribution in [1.82, 2.24) is 4.90 Å². The zero-order chi connectivity index (χ0) is 31.8. The fraction of sp³-hybridized carbons (Fsp3) is 0.273. The van der Waals surface area contributed by atoms with Crippen LogP contribution in [0.15, 0.2) is 113 Å². The molecule has 4 nitrogen and oxygen atoms in total. The molecule has 0 radical (unpaired) electrons. The molecule has 4 aromatic carbocycles. The lowest BCUT2D eigenvalue weighted by molar-refractivity contribution is -0.138. The number of benzene rings is 4. The van der Waals surface area contributed by atoms with Crippen LogP contribution in [0.25, 0.3) is 0 Å². The number of nitrogens with zero attached hydrogens (tertiary/aromatic N) is 1. The van der Waals surface area contributed by atoms with Crippen molar-refractivity contribution in [1.29, 1.82) is 0 Å². The lowest BCUT2D eigenvalue weighted by Crippen LogP contribution is -2.44. The molecular weight excluding hydrogens is 604 g/mol. The average Bonchev–Trinajstić information content (AvgIpc) is 3.01. The van der Waals surface area contributed by atoms with Crippen LogP contribution in [0.4, 0.5) is 26.3 Å². The average molecular weight is 634 g/mol. The number of alkyl halides is 6. The summed E-state index contributed by atoms with van der Waals surface area (Å²) in [5, 5.41) is 12.1. The Bertz CT molecular complexity index is 1600. The van der Waals surface area contributed by atoms with Gasteiger partial charge in [0.15, 0.2) is 0 Å². The summed E-state index contributed by atoms with van der Waals surface area (Å²) < 4.78 is 105. The van der Waals surface area contributed by atoms with E-state index in [1.165, 1.54) is 36.4 Å². The molecule has 44 heavy (non-hydrogen) atoms. The molecule has 0 spiro atoms. The summed E-state index contributed by atoms with van der Waals surface area (Å²) in [7, 11) is -3.65. The predicted molar refractivity (Wildman–Crippen MR) is 152 cm³/mol. The summed E-state index contributed by atoms with van der Waals surface area (Å²) in [5.41, 5.74) is -2.41. The predicted octanol–water partition coefficient (Wildman–Crippen LogP) is 7.71. The van der Waals surface area contributed by atoms with Gasteiger partial charge in [0.05, 0.1) is 20.9 Å². The molecule has 1 heterocycles. The monoisotopic (exact) mass is 633 g/mol. The fourth-order valence-corrected chi connectivity index (χ4v) is 7.02. The van der Waals surface area contributed by atoms with Gasteiger partial charge in [-0.15, -0.1) is 0 Å². The molecule has 1 saturated heterocycles. The Hall–Kier alpha value is -3.67. The van der Waals surface area contributed by atoms with E-state index in [2.05, 4.69) is 4.90 Å². The van der Waals surface area contributed by atoms with Crippen molar-refractivity contribution in [2.24, 2.45) is 5.92 Å². The van der Waals surface area contributed by atoms with E-state index in [1.807, 2.05) is 0 Å². The maximum absolute atomic E-state index is 13.2. The summed E-state index contributed by atoms with van der Waals surface area (Å²) >= 11 is 0. The van der Waals surface area contributed by atoms with E-state index in [-0.39, 0.29) is 20.9 Å². The number of piperidine rings is 1. The Kier molecular flexibility index (Phi) is 8.67. The molecule has 5 rings (SSSR count). The summed E-state index contributed by atoms with van der Waals surface area (Å²) in [4.78, 5) is 2.48. The van der Waals surface area contributed by atoms with Crippen molar-refractivity contribution < 1.29 is 39.9 Å². The maximum atomic E-state index is 13.2. The first-order valence-electron chi connectivity index (χ1n) is 13.9. The molecule has 11 heteroatoms. The van der Waals surface area contributed by atoms with Gasteiger partial charge in [-0.25, -0.2) is 8.42 Å². The van der Waals surface area contributed by atoms with Crippen molar-refractivity contribution in [3.8, 4) is 0 Å². The molecule has 1 aliphatic rings. The minimum absolute atomic E-state index is 0.166. The molecule has 0 saturated carbocycles. The van der Waals surface area contributed by atoms with Crippen LogP contribution in [-0.2, 0) is 34.3 Å². The molecule has 0 bridgehead atoms. The quantitative estimate of drug-likeness (QED) is 0.212. The van der Waals surface area contributed by atoms with Crippen LogP contribution in [0, 0.1) is 5.92 Å². The van der Waals surface area contributed by atoms with Crippen molar-refractivity contribution in [3.63, 3.8) is 0 Å². The van der Waals surface area contributed by atoms with Crippen LogP contribution in [0.3, 0.4) is 0 Å². The van der Waals surface area contributed by atoms with Crippen LogP contribution in [0.2, 0.25) is 0 Å². The highest BCUT2D eigenvalue weighted by Crippen LogP contribution is 2.44.